The fourth-order valence-electron chi connectivity index (χ4n) is 9.93. The molecule has 2 fully saturated rings. The van der Waals surface area contributed by atoms with Crippen LogP contribution in [0.3, 0.4) is 0 Å². The molecule has 0 saturated carbocycles. The van der Waals surface area contributed by atoms with Crippen LogP contribution in [0.2, 0.25) is 0 Å². The Labute approximate surface area is 513 Å². The van der Waals surface area contributed by atoms with E-state index in [0.717, 1.165) is 43.6 Å². The van der Waals surface area contributed by atoms with Gasteiger partial charge in [-0.05, 0) is 89.3 Å². The molecule has 2 saturated heterocycles. The summed E-state index contributed by atoms with van der Waals surface area (Å²) in [5.74, 6) is -1.42. The standard InChI is InChI=1S/C31H27F2N5O3S.C24H20BrF2N5O.C7H9BO4S/c1-19-30(25-8-3-4-9-34-25)37-27-16-21(32)15-24(33)29(27)31(19)36-26-17-28(38-10-12-41-13-11-38)35-18-23(26)20-6-5-7-22(14-20)42(2,39)40;1-14-23(18-4-2-3-5-28-18)31-20-11-15(26)10-17(27)22(20)24(14)30-19-12-21(29-13-16(19)25)32-6-8-33-9-7-32;1-13(11,12)7-4-2-3-6(5-7)8(9)10/h3-9,14-18H,10-13H2,1-2H3,(H,35,36,37);2-5,10-13H,6-9H2,1H3,(H,29,30,31);2-5,9-10H,1H3. The first-order chi connectivity index (χ1) is 42.1. The molecule has 0 spiro atoms. The molecule has 4 aromatic carbocycles. The molecule has 452 valence electrons. The number of halogens is 5. The van der Waals surface area contributed by atoms with Crippen LogP contribution in [-0.2, 0) is 29.1 Å². The molecule has 10 aromatic rings. The molecule has 2 aliphatic rings. The SMILES string of the molecule is CS(=O)(=O)c1cccc(B(O)O)c1.Cc1c(-c2ccccn2)nc2cc(F)cc(F)c2c1Nc1cc(N2CCOCC2)ncc1-c1cccc(S(C)(=O)=O)c1.Cc1c(-c2ccccn2)nc2cc(F)cc(F)c2c1Nc1cc(N2CCOCC2)ncc1Br. The summed E-state index contributed by atoms with van der Waals surface area (Å²) in [7, 11) is -8.39. The van der Waals surface area contributed by atoms with Gasteiger partial charge in [0, 0.05) is 117 Å². The number of anilines is 6. The van der Waals surface area contributed by atoms with Crippen molar-refractivity contribution in [2.24, 2.45) is 0 Å². The first kappa shape index (κ1) is 62.6. The number of benzene rings is 4. The number of hydrogen-bond donors (Lipinski definition) is 4. The molecule has 4 N–H and O–H groups in total. The van der Waals surface area contributed by atoms with Crippen LogP contribution in [0.15, 0.2) is 160 Å². The minimum Gasteiger partial charge on any atom is -0.423 e. The zero-order valence-corrected chi connectivity index (χ0v) is 50.9. The van der Waals surface area contributed by atoms with Crippen molar-refractivity contribution >= 4 is 104 Å². The maximum atomic E-state index is 15.5. The normalized spacial score (nSPS) is 13.5. The highest BCUT2D eigenvalue weighted by Gasteiger charge is 2.25. The summed E-state index contributed by atoms with van der Waals surface area (Å²) in [6.07, 6.45) is 8.89. The average molecular weight is 1300 g/mol. The molecular weight excluding hydrogens is 1240 g/mol. The lowest BCUT2D eigenvalue weighted by atomic mass is 9.80. The predicted molar refractivity (Wildman–Crippen MR) is 336 cm³/mol. The summed E-state index contributed by atoms with van der Waals surface area (Å²) in [6, 6.07) is 30.8. The third-order valence-corrected chi connectivity index (χ3v) is 17.2. The van der Waals surface area contributed by atoms with Crippen molar-refractivity contribution in [3.63, 3.8) is 0 Å². The maximum absolute atomic E-state index is 15.5. The molecule has 0 bridgehead atoms. The molecule has 6 aromatic heterocycles. The summed E-state index contributed by atoms with van der Waals surface area (Å²) < 4.78 is 117. The Kier molecular flexibility index (Phi) is 19.1. The largest absolute Gasteiger partial charge is 0.488 e. The molecule has 0 aliphatic carbocycles. The van der Waals surface area contributed by atoms with E-state index in [2.05, 4.69) is 66.3 Å². The molecule has 26 heteroatoms. The lowest BCUT2D eigenvalue weighted by Gasteiger charge is -2.28. The Hall–Kier alpha value is -8.50. The molecule has 0 unspecified atom stereocenters. The van der Waals surface area contributed by atoms with Crippen LogP contribution < -0.4 is 25.9 Å². The first-order valence-corrected chi connectivity index (χ1v) is 31.9. The molecule has 0 radical (unpaired) electrons. The van der Waals surface area contributed by atoms with Crippen LogP contribution in [0, 0.1) is 37.1 Å². The molecular formula is C62H56BBrF4N10O8S2. The fourth-order valence-corrected chi connectivity index (χ4v) is 11.6. The molecule has 0 atom stereocenters. The van der Waals surface area contributed by atoms with Crippen molar-refractivity contribution in [2.75, 3.05) is 85.6 Å². The van der Waals surface area contributed by atoms with Gasteiger partial charge in [-0.1, -0.05) is 36.4 Å². The molecule has 8 heterocycles. The highest BCUT2D eigenvalue weighted by atomic mass is 79.9. The third kappa shape index (κ3) is 14.4. The number of pyridine rings is 6. The summed E-state index contributed by atoms with van der Waals surface area (Å²) in [4.78, 5) is 31.6. The zero-order valence-electron chi connectivity index (χ0n) is 47.7. The number of morpholine rings is 2. The minimum absolute atomic E-state index is 0.0816. The number of hydrogen-bond acceptors (Lipinski definition) is 18. The van der Waals surface area contributed by atoms with Gasteiger partial charge in [0.2, 0.25) is 0 Å². The molecule has 88 heavy (non-hydrogen) atoms. The lowest BCUT2D eigenvalue weighted by Crippen LogP contribution is -2.36. The van der Waals surface area contributed by atoms with Crippen molar-refractivity contribution in [1.29, 1.82) is 0 Å². The molecule has 18 nitrogen and oxygen atoms in total. The van der Waals surface area contributed by atoms with E-state index < -0.39 is 50.1 Å². The van der Waals surface area contributed by atoms with E-state index in [1.165, 1.54) is 42.5 Å². The van der Waals surface area contributed by atoms with E-state index in [-0.39, 0.29) is 37.1 Å². The Balaban J connectivity index is 0.000000165. The van der Waals surface area contributed by atoms with E-state index in [0.29, 0.717) is 118 Å². The smallest absolute Gasteiger partial charge is 0.423 e. The molecule has 0 amide bonds. The van der Waals surface area contributed by atoms with Gasteiger partial charge in [0.1, 0.15) is 34.9 Å². The highest BCUT2D eigenvalue weighted by Crippen LogP contribution is 2.42. The summed E-state index contributed by atoms with van der Waals surface area (Å²) in [5, 5.41) is 24.7. The van der Waals surface area contributed by atoms with Gasteiger partial charge in [-0.15, -0.1) is 0 Å². The Morgan fingerprint density at radius 3 is 1.50 bits per heavy atom. The number of aromatic nitrogens is 6. The molecule has 12 rings (SSSR count). The van der Waals surface area contributed by atoms with Crippen molar-refractivity contribution in [3.05, 3.63) is 185 Å². The van der Waals surface area contributed by atoms with Crippen LogP contribution in [0.5, 0.6) is 0 Å². The third-order valence-electron chi connectivity index (χ3n) is 14.4. The van der Waals surface area contributed by atoms with Crippen molar-refractivity contribution in [2.45, 2.75) is 23.6 Å². The number of fused-ring (bicyclic) bond motifs is 2. The quantitative estimate of drug-likeness (QED) is 0.0657. The molecule has 2 aliphatic heterocycles. The van der Waals surface area contributed by atoms with E-state index >= 15 is 8.78 Å². The van der Waals surface area contributed by atoms with Crippen LogP contribution >= 0.6 is 15.9 Å². The number of nitrogens with one attached hydrogen (secondary N) is 2. The van der Waals surface area contributed by atoms with Gasteiger partial charge in [0.25, 0.3) is 0 Å². The van der Waals surface area contributed by atoms with Gasteiger partial charge >= 0.3 is 7.12 Å². The average Bonchev–Trinajstić information content (AvgIpc) is 1.99. The Bertz CT molecular complexity index is 4470. The van der Waals surface area contributed by atoms with Crippen LogP contribution in [-0.4, -0.2) is 129 Å². The van der Waals surface area contributed by atoms with Crippen LogP contribution in [0.1, 0.15) is 11.1 Å². The van der Waals surface area contributed by atoms with Crippen molar-refractivity contribution in [3.8, 4) is 33.9 Å². The lowest BCUT2D eigenvalue weighted by molar-refractivity contribution is 0.122. The second kappa shape index (κ2) is 26.9. The van der Waals surface area contributed by atoms with Crippen LogP contribution in [0.25, 0.3) is 55.7 Å². The Morgan fingerprint density at radius 1 is 0.557 bits per heavy atom. The summed E-state index contributed by atoms with van der Waals surface area (Å²) >= 11 is 3.54. The maximum Gasteiger partial charge on any atom is 0.488 e. The summed E-state index contributed by atoms with van der Waals surface area (Å²) in [5.41, 5.74) is 7.35. The monoisotopic (exact) mass is 1300 g/mol. The van der Waals surface area contributed by atoms with Crippen molar-refractivity contribution in [1.82, 2.24) is 29.9 Å². The van der Waals surface area contributed by atoms with Gasteiger partial charge in [-0.2, -0.15) is 0 Å². The van der Waals surface area contributed by atoms with Crippen LogP contribution in [0.4, 0.5) is 51.9 Å². The van der Waals surface area contributed by atoms with Crippen molar-refractivity contribution < 1.29 is 53.9 Å². The summed E-state index contributed by atoms with van der Waals surface area (Å²) in [6.45, 7) is 8.80. The van der Waals surface area contributed by atoms with E-state index in [9.17, 15) is 25.6 Å². The second-order valence-electron chi connectivity index (χ2n) is 20.5. The van der Waals surface area contributed by atoms with Gasteiger partial charge in [0.15, 0.2) is 19.7 Å². The predicted octanol–water partition coefficient (Wildman–Crippen LogP) is 10.3. The zero-order chi connectivity index (χ0) is 62.4. The number of nitrogens with zero attached hydrogens (tertiary/aromatic N) is 8. The number of sulfone groups is 2. The van der Waals surface area contributed by atoms with Gasteiger partial charge in [-0.3, -0.25) is 9.97 Å². The number of ether oxygens (including phenoxy) is 2. The van der Waals surface area contributed by atoms with Gasteiger partial charge in [0.05, 0.1) is 108 Å². The van der Waals surface area contributed by atoms with E-state index in [1.807, 2.05) is 37.3 Å². The first-order valence-electron chi connectivity index (χ1n) is 27.3. The number of rotatable bonds is 12. The minimum atomic E-state index is -3.48. The highest BCUT2D eigenvalue weighted by molar-refractivity contribution is 9.10. The van der Waals surface area contributed by atoms with E-state index in [4.69, 9.17) is 19.5 Å². The van der Waals surface area contributed by atoms with Gasteiger partial charge in [-0.25, -0.2) is 54.3 Å². The second-order valence-corrected chi connectivity index (χ2v) is 25.4. The Morgan fingerprint density at radius 2 is 1.02 bits per heavy atom. The van der Waals surface area contributed by atoms with Gasteiger partial charge < -0.3 is 40.0 Å². The van der Waals surface area contributed by atoms with E-state index in [1.54, 1.807) is 68.1 Å². The topological polar surface area (TPSA) is 235 Å². The fraction of sp³-hybridized carbons (Fsp3) is 0.194.